The highest BCUT2D eigenvalue weighted by molar-refractivity contribution is 7.90. The number of hydrogen-bond donors (Lipinski definition) is 1. The van der Waals surface area contributed by atoms with Crippen LogP contribution in [0.4, 0.5) is 4.39 Å². The fourth-order valence-electron chi connectivity index (χ4n) is 8.89. The number of carbonyl (C=O) groups excluding carboxylic acids is 3. The average Bonchev–Trinajstić information content (AvgIpc) is 4.10. The van der Waals surface area contributed by atoms with Gasteiger partial charge in [0.1, 0.15) is 28.4 Å². The van der Waals surface area contributed by atoms with Gasteiger partial charge in [-0.15, -0.1) is 11.3 Å². The first-order chi connectivity index (χ1) is 28.8. The van der Waals surface area contributed by atoms with Crippen LogP contribution < -0.4 is 14.2 Å². The van der Waals surface area contributed by atoms with Crippen LogP contribution in [-0.4, -0.2) is 71.9 Å². The van der Waals surface area contributed by atoms with Crippen molar-refractivity contribution in [2.45, 2.75) is 115 Å². The van der Waals surface area contributed by atoms with Crippen LogP contribution in [0.15, 0.2) is 60.0 Å². The van der Waals surface area contributed by atoms with Crippen molar-refractivity contribution in [3.05, 3.63) is 82.6 Å². The van der Waals surface area contributed by atoms with E-state index in [2.05, 4.69) is 18.6 Å². The van der Waals surface area contributed by atoms with Crippen LogP contribution in [-0.2, 0) is 30.8 Å². The molecule has 1 N–H and O–H groups in total. The molecule has 2 aliphatic carbocycles. The first-order valence-electron chi connectivity index (χ1n) is 21.2. The lowest BCUT2D eigenvalue weighted by Gasteiger charge is -2.29. The minimum Gasteiger partial charge on any atom is -0.496 e. The van der Waals surface area contributed by atoms with Crippen molar-refractivity contribution >= 4 is 49.7 Å². The van der Waals surface area contributed by atoms with Gasteiger partial charge in [0.25, 0.3) is 0 Å². The molecule has 0 bridgehead atoms. The lowest BCUT2D eigenvalue weighted by molar-refractivity contribution is -0.142. The number of fused-ring (bicyclic) bond motifs is 3. The van der Waals surface area contributed by atoms with Crippen molar-refractivity contribution in [3.63, 3.8) is 0 Å². The van der Waals surface area contributed by atoms with Gasteiger partial charge in [0.15, 0.2) is 5.78 Å². The fourth-order valence-corrected chi connectivity index (χ4v) is 11.2. The van der Waals surface area contributed by atoms with Crippen LogP contribution >= 0.6 is 11.3 Å². The van der Waals surface area contributed by atoms with Gasteiger partial charge < -0.3 is 14.4 Å². The van der Waals surface area contributed by atoms with E-state index in [9.17, 15) is 27.2 Å². The third-order valence-corrected chi connectivity index (χ3v) is 15.5. The van der Waals surface area contributed by atoms with Crippen LogP contribution in [0.3, 0.4) is 0 Å². The zero-order valence-electron chi connectivity index (χ0n) is 34.6. The van der Waals surface area contributed by atoms with Crippen molar-refractivity contribution in [1.82, 2.24) is 19.6 Å². The van der Waals surface area contributed by atoms with Crippen molar-refractivity contribution in [2.24, 2.45) is 17.3 Å². The quantitative estimate of drug-likeness (QED) is 0.156. The lowest BCUT2D eigenvalue weighted by atomic mass is 9.90. The van der Waals surface area contributed by atoms with Crippen molar-refractivity contribution in [2.75, 3.05) is 13.7 Å². The molecule has 1 saturated heterocycles. The van der Waals surface area contributed by atoms with Gasteiger partial charge in [0.2, 0.25) is 27.7 Å². The summed E-state index contributed by atoms with van der Waals surface area (Å²) in [6, 6.07) is 11.0. The number of rotatable bonds is 10. The molecule has 60 heavy (non-hydrogen) atoms. The number of carbonyl (C=O) groups is 3. The minimum absolute atomic E-state index is 0.102. The molecule has 2 aromatic carbocycles. The summed E-state index contributed by atoms with van der Waals surface area (Å²) in [5.74, 6) is -1.03. The Morgan fingerprint density at radius 1 is 1.05 bits per heavy atom. The molecule has 14 heteroatoms. The molecule has 2 aromatic heterocycles. The van der Waals surface area contributed by atoms with E-state index in [1.165, 1.54) is 23.5 Å². The molecular formula is C46H53FN4O7S2. The van der Waals surface area contributed by atoms with Crippen LogP contribution in [0.25, 0.3) is 21.5 Å². The maximum Gasteiger partial charge on any atom is 0.240 e. The Morgan fingerprint density at radius 2 is 1.83 bits per heavy atom. The molecule has 2 saturated carbocycles. The fraction of sp³-hybridized carbons (Fsp3) is 0.500. The molecule has 2 aliphatic heterocycles. The zero-order valence-corrected chi connectivity index (χ0v) is 36.2. The summed E-state index contributed by atoms with van der Waals surface area (Å²) < 4.78 is 54.7. The number of allylic oxidation sites excluding steroid dienone is 2. The first kappa shape index (κ1) is 42.0. The number of ketones is 1. The molecule has 4 aliphatic rings. The van der Waals surface area contributed by atoms with Gasteiger partial charge in [-0.3, -0.25) is 19.1 Å². The zero-order chi connectivity index (χ0) is 42.3. The number of ether oxygens (including phenoxy) is 2. The molecule has 8 rings (SSSR count). The molecule has 0 unspecified atom stereocenters. The molecular weight excluding hydrogens is 804 g/mol. The van der Waals surface area contributed by atoms with E-state index in [1.54, 1.807) is 24.1 Å². The Hall–Kier alpha value is -4.69. The Bertz CT molecular complexity index is 2430. The third kappa shape index (κ3) is 8.72. The average molecular weight is 857 g/mol. The van der Waals surface area contributed by atoms with Crippen molar-refractivity contribution < 1.29 is 36.7 Å². The van der Waals surface area contributed by atoms with Gasteiger partial charge in [0, 0.05) is 29.5 Å². The van der Waals surface area contributed by atoms with Gasteiger partial charge in [-0.05, 0) is 111 Å². The number of nitrogens with one attached hydrogen (secondary N) is 1. The normalized spacial score (nSPS) is 25.6. The number of aryl methyl sites for hydroxylation is 1. The summed E-state index contributed by atoms with van der Waals surface area (Å²) in [6.07, 6.45) is 8.90. The number of amides is 2. The highest BCUT2D eigenvalue weighted by atomic mass is 32.2. The van der Waals surface area contributed by atoms with E-state index in [1.807, 2.05) is 42.7 Å². The predicted molar refractivity (Wildman–Crippen MR) is 229 cm³/mol. The summed E-state index contributed by atoms with van der Waals surface area (Å²) in [7, 11) is -2.23. The maximum atomic E-state index is 14.9. The van der Waals surface area contributed by atoms with Crippen LogP contribution in [0.1, 0.15) is 101 Å². The second kappa shape index (κ2) is 17.0. The third-order valence-electron chi connectivity index (χ3n) is 12.8. The largest absolute Gasteiger partial charge is 0.496 e. The number of nitrogens with zero attached hydrogens (tertiary/aromatic N) is 3. The molecule has 4 aromatic rings. The highest BCUT2D eigenvalue weighted by Crippen LogP contribution is 2.57. The van der Waals surface area contributed by atoms with Gasteiger partial charge in [-0.2, -0.15) is 0 Å². The molecule has 11 nitrogen and oxygen atoms in total. The Labute approximate surface area is 355 Å². The van der Waals surface area contributed by atoms with Crippen LogP contribution in [0, 0.1) is 30.0 Å². The second-order valence-electron chi connectivity index (χ2n) is 17.4. The van der Waals surface area contributed by atoms with Gasteiger partial charge in [-0.25, -0.2) is 22.8 Å². The number of pyridine rings is 1. The van der Waals surface area contributed by atoms with Crippen LogP contribution in [0.5, 0.6) is 11.6 Å². The minimum atomic E-state index is -3.85. The lowest BCUT2D eigenvalue weighted by Crippen LogP contribution is -2.46. The monoisotopic (exact) mass is 856 g/mol. The second-order valence-corrected chi connectivity index (χ2v) is 20.2. The Kier molecular flexibility index (Phi) is 11.9. The van der Waals surface area contributed by atoms with Crippen molar-refractivity contribution in [1.29, 1.82) is 0 Å². The number of aromatic nitrogens is 2. The molecule has 4 heterocycles. The number of benzene rings is 2. The van der Waals surface area contributed by atoms with E-state index in [4.69, 9.17) is 19.4 Å². The van der Waals surface area contributed by atoms with E-state index in [0.29, 0.717) is 49.4 Å². The number of hydrogen-bond acceptors (Lipinski definition) is 10. The van der Waals surface area contributed by atoms with E-state index in [0.717, 1.165) is 58.3 Å². The summed E-state index contributed by atoms with van der Waals surface area (Å²) in [5, 5.41) is 3.79. The Balaban J connectivity index is 1.15. The van der Waals surface area contributed by atoms with Gasteiger partial charge in [-0.1, -0.05) is 51.0 Å². The summed E-state index contributed by atoms with van der Waals surface area (Å²) in [4.78, 5) is 55.2. The van der Waals surface area contributed by atoms with E-state index in [-0.39, 0.29) is 48.7 Å². The van der Waals surface area contributed by atoms with Gasteiger partial charge in [0.05, 0.1) is 36.1 Å². The van der Waals surface area contributed by atoms with Gasteiger partial charge >= 0.3 is 0 Å². The molecule has 3 fully saturated rings. The maximum absolute atomic E-state index is 14.9. The number of methoxy groups -OCH3 is 1. The Morgan fingerprint density at radius 3 is 2.55 bits per heavy atom. The summed E-state index contributed by atoms with van der Waals surface area (Å²) >= 11 is 1.50. The number of thiazole rings is 1. The number of halogens is 1. The number of sulfonamides is 1. The van der Waals surface area contributed by atoms with E-state index < -0.39 is 44.7 Å². The number of Topliss-reactive ketones (excluding diaryl/α,β-unsaturated/α-hetero) is 1. The molecule has 318 valence electrons. The molecule has 5 atom stereocenters. The predicted octanol–water partition coefficient (Wildman–Crippen LogP) is 8.24. The highest BCUT2D eigenvalue weighted by Gasteiger charge is 2.61. The molecule has 0 spiro atoms. The van der Waals surface area contributed by atoms with Crippen molar-refractivity contribution in [3.8, 4) is 22.3 Å². The SMILES string of the molecule is COc1ccc2c(O[C@@H]3C[C@H]4C(=O)C[C@]5(C(=O)NS(=O)(=O)C6CC6)C[C@H]5/C=C\CCCCC[C@H](Cc5ccc(F)cc5)C(=O)N4C3)nc(-c3nc(C(C)C)cs3)cc2c1C. The van der Waals surface area contributed by atoms with E-state index >= 15 is 0 Å². The summed E-state index contributed by atoms with van der Waals surface area (Å²) in [5.41, 5.74) is 2.07. The molecule has 2 amide bonds. The van der Waals surface area contributed by atoms with Crippen LogP contribution in [0.2, 0.25) is 0 Å². The smallest absolute Gasteiger partial charge is 0.240 e. The molecule has 0 radical (unpaired) electrons. The summed E-state index contributed by atoms with van der Waals surface area (Å²) in [6.45, 7) is 6.25. The standard InChI is InChI=1S/C46H53FN4O7S2/c1-27(2)38-26-59-43(49-38)37-22-36-28(3)41(57-4)19-18-35(36)42(48-37)58-33-21-39-40(52)24-46(45(54)50-60(55,56)34-16-17-34)23-31(46)11-9-7-5-6-8-10-30(44(53)51(39)25-33)20-29-12-14-32(47)15-13-29/h9,11-15,18-19,22,26-27,30-31,33-34,39H,5-8,10,16-17,20-21,23-25H2,1-4H3,(H,50,54)/b11-9-/t30-,31-,33-,39+,46-/m1/s1. The topological polar surface area (TPSA) is 145 Å². The first-order valence-corrected chi connectivity index (χ1v) is 23.6.